The Balaban J connectivity index is 2.54. The second kappa shape index (κ2) is 3.10. The van der Waals surface area contributed by atoms with Crippen molar-refractivity contribution in [1.29, 1.82) is 0 Å². The lowest BCUT2D eigenvalue weighted by molar-refractivity contribution is 0.505. The first kappa shape index (κ1) is 8.68. The summed E-state index contributed by atoms with van der Waals surface area (Å²) in [7, 11) is 0. The van der Waals surface area contributed by atoms with Crippen molar-refractivity contribution in [2.24, 2.45) is 0 Å². The molecular formula is C9H10N4O. The summed E-state index contributed by atoms with van der Waals surface area (Å²) in [4.78, 5) is 4.06. The van der Waals surface area contributed by atoms with Gasteiger partial charge in [0.15, 0.2) is 0 Å². The highest BCUT2D eigenvalue weighted by Crippen LogP contribution is 2.24. The van der Waals surface area contributed by atoms with Crippen molar-refractivity contribution in [1.82, 2.24) is 15.2 Å². The minimum absolute atomic E-state index is 0.167. The van der Waals surface area contributed by atoms with E-state index in [1.807, 2.05) is 19.9 Å². The lowest BCUT2D eigenvalue weighted by Crippen LogP contribution is -1.97. The van der Waals surface area contributed by atoms with Crippen LogP contribution in [-0.2, 0) is 0 Å². The van der Waals surface area contributed by atoms with Crippen LogP contribution in [0, 0.1) is 13.8 Å². The van der Waals surface area contributed by atoms with Gasteiger partial charge in [-0.05, 0) is 19.9 Å². The molecular weight excluding hydrogens is 180 g/mol. The summed E-state index contributed by atoms with van der Waals surface area (Å²) in [6, 6.07) is 1.90. The van der Waals surface area contributed by atoms with E-state index < -0.39 is 0 Å². The predicted molar refractivity (Wildman–Crippen MR) is 51.4 cm³/mol. The van der Waals surface area contributed by atoms with Gasteiger partial charge in [0.25, 0.3) is 0 Å². The Kier molecular flexibility index (Phi) is 1.92. The van der Waals surface area contributed by atoms with Crippen LogP contribution in [0.4, 0.5) is 5.95 Å². The second-order valence-electron chi connectivity index (χ2n) is 3.03. The van der Waals surface area contributed by atoms with Crippen molar-refractivity contribution in [3.8, 4) is 11.3 Å². The lowest BCUT2D eigenvalue weighted by atomic mass is 10.2. The minimum atomic E-state index is 0.167. The van der Waals surface area contributed by atoms with Crippen LogP contribution in [-0.4, -0.2) is 15.2 Å². The number of rotatable bonds is 1. The maximum atomic E-state index is 5.44. The third kappa shape index (κ3) is 1.44. The Morgan fingerprint density at radius 3 is 2.71 bits per heavy atom. The number of hydrogen-bond donors (Lipinski definition) is 1. The molecule has 2 N–H and O–H groups in total. The van der Waals surface area contributed by atoms with Crippen LogP contribution >= 0.6 is 0 Å². The zero-order valence-electron chi connectivity index (χ0n) is 7.98. The van der Waals surface area contributed by atoms with Crippen molar-refractivity contribution in [3.05, 3.63) is 23.8 Å². The van der Waals surface area contributed by atoms with E-state index in [0.717, 1.165) is 17.1 Å². The fraction of sp³-hybridized carbons (Fsp3) is 0.222. The molecule has 0 amide bonds. The monoisotopic (exact) mass is 190 g/mol. The van der Waals surface area contributed by atoms with Gasteiger partial charge in [0.2, 0.25) is 5.95 Å². The van der Waals surface area contributed by atoms with Gasteiger partial charge in [0.1, 0.15) is 11.5 Å². The van der Waals surface area contributed by atoms with E-state index in [4.69, 9.17) is 10.2 Å². The zero-order valence-corrected chi connectivity index (χ0v) is 7.98. The number of aromatic nitrogens is 3. The molecule has 0 atom stereocenters. The number of nitrogens with zero attached hydrogens (tertiary/aromatic N) is 3. The van der Waals surface area contributed by atoms with Gasteiger partial charge < -0.3 is 10.2 Å². The Labute approximate surface area is 81.0 Å². The molecule has 2 rings (SSSR count). The first-order chi connectivity index (χ1) is 6.66. The molecule has 0 aliphatic heterocycles. The van der Waals surface area contributed by atoms with Gasteiger partial charge in [-0.2, -0.15) is 5.10 Å². The molecule has 0 aromatic carbocycles. The number of aryl methyl sites for hydroxylation is 2. The molecule has 14 heavy (non-hydrogen) atoms. The maximum absolute atomic E-state index is 5.44. The van der Waals surface area contributed by atoms with E-state index in [9.17, 15) is 0 Å². The molecule has 72 valence electrons. The molecule has 5 heteroatoms. The van der Waals surface area contributed by atoms with Crippen LogP contribution in [0.3, 0.4) is 0 Å². The van der Waals surface area contributed by atoms with E-state index in [0.29, 0.717) is 5.69 Å². The molecule has 0 saturated heterocycles. The summed E-state index contributed by atoms with van der Waals surface area (Å²) in [5.41, 5.74) is 7.03. The molecule has 0 fully saturated rings. The van der Waals surface area contributed by atoms with Crippen LogP contribution in [0.25, 0.3) is 11.3 Å². The first-order valence-corrected chi connectivity index (χ1v) is 4.19. The fourth-order valence-corrected chi connectivity index (χ4v) is 1.33. The average molecular weight is 190 g/mol. The molecule has 0 spiro atoms. The second-order valence-corrected chi connectivity index (χ2v) is 3.03. The number of nitrogens with two attached hydrogens (primary N) is 1. The SMILES string of the molecule is Cc1cc(-c2cnnc(N)n2)c(C)o1. The van der Waals surface area contributed by atoms with Crippen molar-refractivity contribution in [3.63, 3.8) is 0 Å². The third-order valence-electron chi connectivity index (χ3n) is 1.89. The number of anilines is 1. The van der Waals surface area contributed by atoms with E-state index in [2.05, 4.69) is 15.2 Å². The summed E-state index contributed by atoms with van der Waals surface area (Å²) in [6.45, 7) is 3.76. The summed E-state index contributed by atoms with van der Waals surface area (Å²) in [6.07, 6.45) is 1.56. The van der Waals surface area contributed by atoms with E-state index in [1.54, 1.807) is 6.20 Å². The van der Waals surface area contributed by atoms with E-state index >= 15 is 0 Å². The largest absolute Gasteiger partial charge is 0.466 e. The van der Waals surface area contributed by atoms with Gasteiger partial charge in [-0.25, -0.2) is 4.98 Å². The molecule has 0 unspecified atom stereocenters. The Hall–Kier alpha value is -1.91. The van der Waals surface area contributed by atoms with Crippen LogP contribution < -0.4 is 5.73 Å². The first-order valence-electron chi connectivity index (χ1n) is 4.19. The molecule has 0 bridgehead atoms. The van der Waals surface area contributed by atoms with Gasteiger partial charge >= 0.3 is 0 Å². The highest BCUT2D eigenvalue weighted by Gasteiger charge is 2.09. The highest BCUT2D eigenvalue weighted by molar-refractivity contribution is 5.61. The molecule has 2 heterocycles. The number of hydrogen-bond acceptors (Lipinski definition) is 5. The number of furan rings is 1. The number of nitrogen functional groups attached to an aromatic ring is 1. The normalized spacial score (nSPS) is 10.4. The van der Waals surface area contributed by atoms with E-state index in [-0.39, 0.29) is 5.95 Å². The van der Waals surface area contributed by atoms with E-state index in [1.165, 1.54) is 0 Å². The molecule has 0 aliphatic carbocycles. The topological polar surface area (TPSA) is 77.8 Å². The van der Waals surface area contributed by atoms with Gasteiger partial charge in [-0.1, -0.05) is 0 Å². The van der Waals surface area contributed by atoms with Gasteiger partial charge in [0, 0.05) is 5.56 Å². The molecule has 0 radical (unpaired) electrons. The van der Waals surface area contributed by atoms with Gasteiger partial charge in [0.05, 0.1) is 11.9 Å². The Morgan fingerprint density at radius 2 is 2.14 bits per heavy atom. The van der Waals surface area contributed by atoms with Crippen LogP contribution in [0.15, 0.2) is 16.7 Å². The predicted octanol–water partition coefficient (Wildman–Crippen LogP) is 1.33. The Bertz CT molecular complexity index is 464. The summed E-state index contributed by atoms with van der Waals surface area (Å²) >= 11 is 0. The summed E-state index contributed by atoms with van der Waals surface area (Å²) < 4.78 is 5.38. The molecule has 5 nitrogen and oxygen atoms in total. The quantitative estimate of drug-likeness (QED) is 0.733. The highest BCUT2D eigenvalue weighted by atomic mass is 16.3. The Morgan fingerprint density at radius 1 is 1.36 bits per heavy atom. The van der Waals surface area contributed by atoms with Gasteiger partial charge in [-0.3, -0.25) is 0 Å². The minimum Gasteiger partial charge on any atom is -0.466 e. The van der Waals surface area contributed by atoms with Gasteiger partial charge in [-0.15, -0.1) is 5.10 Å². The van der Waals surface area contributed by atoms with Crippen molar-refractivity contribution in [2.75, 3.05) is 5.73 Å². The lowest BCUT2D eigenvalue weighted by Gasteiger charge is -1.96. The molecule has 2 aromatic rings. The summed E-state index contributed by atoms with van der Waals surface area (Å²) in [5, 5.41) is 7.32. The third-order valence-corrected chi connectivity index (χ3v) is 1.89. The van der Waals surface area contributed by atoms with Crippen LogP contribution in [0.1, 0.15) is 11.5 Å². The van der Waals surface area contributed by atoms with Crippen molar-refractivity contribution in [2.45, 2.75) is 13.8 Å². The van der Waals surface area contributed by atoms with Crippen molar-refractivity contribution >= 4 is 5.95 Å². The van der Waals surface area contributed by atoms with Crippen molar-refractivity contribution < 1.29 is 4.42 Å². The average Bonchev–Trinajstić information content (AvgIpc) is 2.45. The maximum Gasteiger partial charge on any atom is 0.240 e. The fourth-order valence-electron chi connectivity index (χ4n) is 1.33. The molecule has 2 aromatic heterocycles. The van der Waals surface area contributed by atoms with Crippen LogP contribution in [0.2, 0.25) is 0 Å². The smallest absolute Gasteiger partial charge is 0.240 e. The van der Waals surface area contributed by atoms with Crippen LogP contribution in [0.5, 0.6) is 0 Å². The summed E-state index contributed by atoms with van der Waals surface area (Å²) in [5.74, 6) is 1.82. The molecule has 0 saturated carbocycles. The standard InChI is InChI=1S/C9H10N4O/c1-5-3-7(6(2)14-5)8-4-11-13-9(10)12-8/h3-4H,1-2H3,(H2,10,12,13). The molecule has 0 aliphatic rings. The zero-order chi connectivity index (χ0) is 10.1.